The smallest absolute Gasteiger partial charge is 0.257 e. The molecule has 11 heteroatoms. The Bertz CT molecular complexity index is 1510. The standard InChI is InChI=1S/C31H36N6O5/c1-20-17-23-18-25(12-13-27(23)42-20)33-31(35-29(40)22-8-10-24(11-9-22)32-21(2)38)34-26-7-3-4-16-37(30(26)41)19-28(39)36-14-5-6-15-36/h8-13,17-18,26H,3-7,14-16,19H2,1-2H3,(H,32,38)(H2,33,34,35,40). The third-order valence-electron chi connectivity index (χ3n) is 7.42. The van der Waals surface area contributed by atoms with Crippen LogP contribution in [-0.2, 0) is 14.4 Å². The number of nitrogens with one attached hydrogen (secondary N) is 3. The van der Waals surface area contributed by atoms with E-state index in [4.69, 9.17) is 9.41 Å². The molecule has 0 saturated carbocycles. The molecular weight excluding hydrogens is 536 g/mol. The van der Waals surface area contributed by atoms with Crippen molar-refractivity contribution in [3.8, 4) is 0 Å². The minimum atomic E-state index is -0.760. The van der Waals surface area contributed by atoms with E-state index in [-0.39, 0.29) is 30.2 Å². The van der Waals surface area contributed by atoms with Gasteiger partial charge in [-0.05, 0) is 87.6 Å². The Balaban J connectivity index is 1.38. The van der Waals surface area contributed by atoms with Gasteiger partial charge in [-0.3, -0.25) is 24.5 Å². The molecule has 2 fully saturated rings. The van der Waals surface area contributed by atoms with Crippen LogP contribution in [0.2, 0.25) is 0 Å². The Hall–Kier alpha value is -4.67. The number of hydrogen-bond donors (Lipinski definition) is 3. The molecule has 2 aliphatic rings. The highest BCUT2D eigenvalue weighted by molar-refractivity contribution is 6.11. The first-order valence-corrected chi connectivity index (χ1v) is 14.4. The largest absolute Gasteiger partial charge is 0.461 e. The lowest BCUT2D eigenvalue weighted by atomic mass is 10.1. The number of rotatable bonds is 6. The van der Waals surface area contributed by atoms with Crippen molar-refractivity contribution in [3.63, 3.8) is 0 Å². The van der Waals surface area contributed by atoms with Crippen LogP contribution < -0.4 is 16.0 Å². The van der Waals surface area contributed by atoms with Gasteiger partial charge in [0, 0.05) is 48.9 Å². The molecule has 0 bridgehead atoms. The zero-order valence-electron chi connectivity index (χ0n) is 23.9. The lowest BCUT2D eigenvalue weighted by Crippen LogP contribution is -2.45. The topological polar surface area (TPSA) is 136 Å². The molecule has 1 aromatic heterocycles. The zero-order valence-corrected chi connectivity index (χ0v) is 23.9. The first-order chi connectivity index (χ1) is 20.2. The summed E-state index contributed by atoms with van der Waals surface area (Å²) in [4.78, 5) is 59.2. The SMILES string of the molecule is CC(=O)Nc1ccc(C(=O)NC(=NC2CCCCN(CC(=O)N3CCCC3)C2=O)Nc2ccc3oc(C)cc3c2)cc1. The van der Waals surface area contributed by atoms with E-state index in [2.05, 4.69) is 16.0 Å². The van der Waals surface area contributed by atoms with Crippen molar-refractivity contribution in [1.29, 1.82) is 0 Å². The molecule has 1 unspecified atom stereocenters. The molecule has 4 amide bonds. The highest BCUT2D eigenvalue weighted by atomic mass is 16.3. The second-order valence-corrected chi connectivity index (χ2v) is 10.8. The van der Waals surface area contributed by atoms with Crippen LogP contribution in [0.5, 0.6) is 0 Å². The number of amides is 4. The summed E-state index contributed by atoms with van der Waals surface area (Å²) >= 11 is 0. The number of furan rings is 1. The molecule has 3 heterocycles. The van der Waals surface area contributed by atoms with Crippen molar-refractivity contribution in [2.45, 2.75) is 52.0 Å². The van der Waals surface area contributed by atoms with Gasteiger partial charge in [0.2, 0.25) is 23.7 Å². The number of aryl methyl sites for hydroxylation is 1. The van der Waals surface area contributed by atoms with Crippen molar-refractivity contribution < 1.29 is 23.6 Å². The summed E-state index contributed by atoms with van der Waals surface area (Å²) in [5.41, 5.74) is 2.31. The number of likely N-dealkylation sites (tertiary alicyclic amines) is 2. The molecular formula is C31H36N6O5. The van der Waals surface area contributed by atoms with Gasteiger partial charge in [0.15, 0.2) is 0 Å². The van der Waals surface area contributed by atoms with Crippen molar-refractivity contribution in [2.75, 3.05) is 36.8 Å². The summed E-state index contributed by atoms with van der Waals surface area (Å²) in [5.74, 6) is -0.00758. The maximum absolute atomic E-state index is 13.6. The number of carbonyl (C=O) groups is 4. The number of anilines is 2. The number of benzene rings is 2. The van der Waals surface area contributed by atoms with Crippen LogP contribution in [0.25, 0.3) is 11.0 Å². The van der Waals surface area contributed by atoms with Gasteiger partial charge in [-0.1, -0.05) is 0 Å². The zero-order chi connectivity index (χ0) is 29.6. The Morgan fingerprint density at radius 1 is 0.929 bits per heavy atom. The van der Waals surface area contributed by atoms with Gasteiger partial charge < -0.3 is 24.9 Å². The number of fused-ring (bicyclic) bond motifs is 1. The fraction of sp³-hybridized carbons (Fsp3) is 0.387. The number of hydrogen-bond acceptors (Lipinski definition) is 6. The molecule has 220 valence electrons. The van der Waals surface area contributed by atoms with E-state index >= 15 is 0 Å². The van der Waals surface area contributed by atoms with Gasteiger partial charge >= 0.3 is 0 Å². The Morgan fingerprint density at radius 2 is 1.64 bits per heavy atom. The molecule has 5 rings (SSSR count). The summed E-state index contributed by atoms with van der Waals surface area (Å²) in [5, 5.41) is 9.57. The van der Waals surface area contributed by atoms with E-state index in [1.54, 1.807) is 29.2 Å². The average Bonchev–Trinajstić information content (AvgIpc) is 3.59. The minimum absolute atomic E-state index is 0.0384. The Labute approximate surface area is 244 Å². The van der Waals surface area contributed by atoms with E-state index in [1.165, 1.54) is 6.92 Å². The normalized spacial score (nSPS) is 17.7. The second-order valence-electron chi connectivity index (χ2n) is 10.8. The van der Waals surface area contributed by atoms with E-state index in [0.717, 1.165) is 55.5 Å². The first-order valence-electron chi connectivity index (χ1n) is 14.4. The molecule has 2 aromatic carbocycles. The van der Waals surface area contributed by atoms with E-state index in [9.17, 15) is 19.2 Å². The monoisotopic (exact) mass is 572 g/mol. The van der Waals surface area contributed by atoms with Crippen LogP contribution in [0.1, 0.15) is 55.1 Å². The first kappa shape index (κ1) is 28.8. The average molecular weight is 573 g/mol. The summed E-state index contributed by atoms with van der Waals surface area (Å²) in [6.07, 6.45) is 4.01. The van der Waals surface area contributed by atoms with Gasteiger partial charge in [0.25, 0.3) is 5.91 Å². The molecule has 3 N–H and O–H groups in total. The molecule has 0 aliphatic carbocycles. The number of nitrogens with zero attached hydrogens (tertiary/aromatic N) is 3. The fourth-order valence-electron chi connectivity index (χ4n) is 5.32. The van der Waals surface area contributed by atoms with Crippen molar-refractivity contribution in [3.05, 3.63) is 59.9 Å². The second kappa shape index (κ2) is 12.9. The molecule has 2 aliphatic heterocycles. The predicted molar refractivity (Wildman–Crippen MR) is 160 cm³/mol. The maximum atomic E-state index is 13.6. The highest BCUT2D eigenvalue weighted by Gasteiger charge is 2.30. The molecule has 3 aromatic rings. The van der Waals surface area contributed by atoms with Gasteiger partial charge in [-0.15, -0.1) is 0 Å². The molecule has 0 spiro atoms. The van der Waals surface area contributed by atoms with Gasteiger partial charge in [-0.2, -0.15) is 0 Å². The Kier molecular flexibility index (Phi) is 8.85. The third-order valence-corrected chi connectivity index (χ3v) is 7.42. The van der Waals surface area contributed by atoms with Crippen LogP contribution >= 0.6 is 0 Å². The summed E-state index contributed by atoms with van der Waals surface area (Å²) < 4.78 is 5.68. The van der Waals surface area contributed by atoms with Gasteiger partial charge in [-0.25, -0.2) is 4.99 Å². The lowest BCUT2D eigenvalue weighted by Gasteiger charge is -2.25. The van der Waals surface area contributed by atoms with Crippen LogP contribution in [0.4, 0.5) is 11.4 Å². The summed E-state index contributed by atoms with van der Waals surface area (Å²) in [6, 6.07) is 13.1. The summed E-state index contributed by atoms with van der Waals surface area (Å²) in [7, 11) is 0. The number of guanidine groups is 1. The Morgan fingerprint density at radius 3 is 2.38 bits per heavy atom. The predicted octanol–water partition coefficient (Wildman–Crippen LogP) is 3.90. The fourth-order valence-corrected chi connectivity index (χ4v) is 5.32. The molecule has 11 nitrogen and oxygen atoms in total. The van der Waals surface area contributed by atoms with Crippen LogP contribution in [0.3, 0.4) is 0 Å². The molecule has 2 saturated heterocycles. The maximum Gasteiger partial charge on any atom is 0.257 e. The van der Waals surface area contributed by atoms with Crippen LogP contribution in [0, 0.1) is 6.92 Å². The van der Waals surface area contributed by atoms with Crippen molar-refractivity contribution in [2.24, 2.45) is 4.99 Å². The molecule has 1 atom stereocenters. The van der Waals surface area contributed by atoms with Gasteiger partial charge in [0.05, 0.1) is 6.54 Å². The van der Waals surface area contributed by atoms with E-state index in [1.807, 2.05) is 36.1 Å². The number of aliphatic imine (C=N–C) groups is 1. The number of carbonyl (C=O) groups excluding carboxylic acids is 4. The van der Waals surface area contributed by atoms with Crippen molar-refractivity contribution >= 4 is 51.9 Å². The third kappa shape index (κ3) is 7.15. The van der Waals surface area contributed by atoms with E-state index in [0.29, 0.717) is 29.9 Å². The van der Waals surface area contributed by atoms with Crippen LogP contribution in [0.15, 0.2) is 57.9 Å². The minimum Gasteiger partial charge on any atom is -0.461 e. The van der Waals surface area contributed by atoms with Gasteiger partial charge in [0.1, 0.15) is 17.4 Å². The lowest BCUT2D eigenvalue weighted by molar-refractivity contribution is -0.140. The van der Waals surface area contributed by atoms with Crippen LogP contribution in [-0.4, -0.2) is 71.6 Å². The highest BCUT2D eigenvalue weighted by Crippen LogP contribution is 2.23. The van der Waals surface area contributed by atoms with E-state index < -0.39 is 11.9 Å². The molecule has 0 radical (unpaired) electrons. The summed E-state index contributed by atoms with van der Waals surface area (Å²) in [6.45, 7) is 5.28. The molecule has 42 heavy (non-hydrogen) atoms. The van der Waals surface area contributed by atoms with Crippen molar-refractivity contribution in [1.82, 2.24) is 15.1 Å². The quantitative estimate of drug-likeness (QED) is 0.303.